The fraction of sp³-hybridized carbons (Fsp3) is 0.560. The number of nitrogens with one attached hydrogen (secondary N) is 5. The van der Waals surface area contributed by atoms with Crippen molar-refractivity contribution in [1.82, 2.24) is 21.3 Å². The average molecular weight is 502 g/mol. The van der Waals surface area contributed by atoms with Crippen molar-refractivity contribution in [2.75, 3.05) is 6.54 Å². The van der Waals surface area contributed by atoms with E-state index in [9.17, 15) is 19.2 Å². The molecule has 0 unspecified atom stereocenters. The maximum atomic E-state index is 13.5. The van der Waals surface area contributed by atoms with Crippen LogP contribution in [0, 0.1) is 5.41 Å². The number of nitrogens with two attached hydrogens (primary N) is 2. The SMILES string of the molecule is CCC(CC)(NC(=O)c1ccccc1)C(=O)N[C@@H](CCCNC(=N)N)C(=O)NC1(C(N)=O)CCCC1. The van der Waals surface area contributed by atoms with Crippen LogP contribution in [0.5, 0.6) is 0 Å². The fourth-order valence-corrected chi connectivity index (χ4v) is 4.51. The largest absolute Gasteiger partial charge is 0.370 e. The van der Waals surface area contributed by atoms with E-state index in [4.69, 9.17) is 16.9 Å². The minimum Gasteiger partial charge on any atom is -0.370 e. The van der Waals surface area contributed by atoms with Crippen molar-refractivity contribution in [1.29, 1.82) is 5.41 Å². The van der Waals surface area contributed by atoms with Crippen molar-refractivity contribution >= 4 is 29.6 Å². The molecule has 0 aromatic heterocycles. The van der Waals surface area contributed by atoms with Gasteiger partial charge in [-0.15, -0.1) is 0 Å². The fourth-order valence-electron chi connectivity index (χ4n) is 4.51. The van der Waals surface area contributed by atoms with E-state index in [1.54, 1.807) is 44.2 Å². The molecule has 1 saturated carbocycles. The summed E-state index contributed by atoms with van der Waals surface area (Å²) in [4.78, 5) is 51.9. The Morgan fingerprint density at radius 1 is 1.06 bits per heavy atom. The predicted molar refractivity (Wildman–Crippen MR) is 137 cm³/mol. The first-order chi connectivity index (χ1) is 17.1. The molecular weight excluding hydrogens is 462 g/mol. The zero-order valence-electron chi connectivity index (χ0n) is 21.1. The molecule has 1 aliphatic carbocycles. The Kier molecular flexibility index (Phi) is 10.2. The Balaban J connectivity index is 2.22. The van der Waals surface area contributed by atoms with E-state index in [2.05, 4.69) is 21.3 Å². The van der Waals surface area contributed by atoms with Crippen molar-refractivity contribution in [2.45, 2.75) is 82.3 Å². The van der Waals surface area contributed by atoms with Crippen molar-refractivity contribution < 1.29 is 19.2 Å². The first-order valence-electron chi connectivity index (χ1n) is 12.5. The zero-order valence-corrected chi connectivity index (χ0v) is 21.1. The molecule has 11 nitrogen and oxygen atoms in total. The van der Waals surface area contributed by atoms with Crippen LogP contribution >= 0.6 is 0 Å². The molecule has 0 bridgehead atoms. The van der Waals surface area contributed by atoms with Crippen LogP contribution in [0.1, 0.15) is 75.6 Å². The summed E-state index contributed by atoms with van der Waals surface area (Å²) in [5, 5.41) is 18.4. The summed E-state index contributed by atoms with van der Waals surface area (Å²) in [7, 11) is 0. The van der Waals surface area contributed by atoms with Crippen LogP contribution in [0.25, 0.3) is 0 Å². The minimum absolute atomic E-state index is 0.196. The van der Waals surface area contributed by atoms with Crippen LogP contribution in [0.2, 0.25) is 0 Å². The van der Waals surface area contributed by atoms with Gasteiger partial charge in [-0.25, -0.2) is 0 Å². The van der Waals surface area contributed by atoms with Crippen LogP contribution in [0.3, 0.4) is 0 Å². The van der Waals surface area contributed by atoms with Gasteiger partial charge in [-0.05, 0) is 50.7 Å². The quantitative estimate of drug-likeness (QED) is 0.118. The van der Waals surface area contributed by atoms with Crippen LogP contribution in [0.4, 0.5) is 0 Å². The maximum absolute atomic E-state index is 13.5. The van der Waals surface area contributed by atoms with Crippen molar-refractivity contribution in [3.63, 3.8) is 0 Å². The number of guanidine groups is 1. The third kappa shape index (κ3) is 7.19. The highest BCUT2D eigenvalue weighted by Crippen LogP contribution is 2.29. The second kappa shape index (κ2) is 12.9. The van der Waals surface area contributed by atoms with Gasteiger partial charge in [0.1, 0.15) is 17.1 Å². The first kappa shape index (κ1) is 28.6. The summed E-state index contributed by atoms with van der Waals surface area (Å²) in [6.07, 6.45) is 3.68. The summed E-state index contributed by atoms with van der Waals surface area (Å²) >= 11 is 0. The van der Waals surface area contributed by atoms with E-state index < -0.39 is 34.8 Å². The molecule has 36 heavy (non-hydrogen) atoms. The van der Waals surface area contributed by atoms with Crippen LogP contribution < -0.4 is 32.7 Å². The van der Waals surface area contributed by atoms with Gasteiger partial charge in [0, 0.05) is 12.1 Å². The molecule has 1 aliphatic rings. The van der Waals surface area contributed by atoms with Crippen LogP contribution in [0.15, 0.2) is 30.3 Å². The van der Waals surface area contributed by atoms with Gasteiger partial charge in [-0.2, -0.15) is 0 Å². The molecule has 1 aromatic rings. The van der Waals surface area contributed by atoms with E-state index in [-0.39, 0.29) is 18.3 Å². The molecule has 0 saturated heterocycles. The number of carbonyl (C=O) groups excluding carboxylic acids is 4. The number of hydrogen-bond acceptors (Lipinski definition) is 5. The molecule has 0 radical (unpaired) electrons. The predicted octanol–water partition coefficient (Wildman–Crippen LogP) is 0.638. The molecule has 198 valence electrons. The van der Waals surface area contributed by atoms with Gasteiger partial charge in [0.15, 0.2) is 5.96 Å². The molecule has 1 fully saturated rings. The molecule has 0 spiro atoms. The molecular formula is C25H39N7O4. The Labute approximate surface area is 212 Å². The molecule has 0 heterocycles. The average Bonchev–Trinajstić information content (AvgIpc) is 3.34. The lowest BCUT2D eigenvalue weighted by Crippen LogP contribution is -2.64. The van der Waals surface area contributed by atoms with Crippen molar-refractivity contribution in [2.24, 2.45) is 11.5 Å². The van der Waals surface area contributed by atoms with E-state index in [0.717, 1.165) is 12.8 Å². The highest BCUT2D eigenvalue weighted by molar-refractivity contribution is 6.00. The Morgan fingerprint density at radius 3 is 2.19 bits per heavy atom. The Hall–Kier alpha value is -3.63. The zero-order chi connectivity index (χ0) is 26.8. The Morgan fingerprint density at radius 2 is 1.67 bits per heavy atom. The van der Waals surface area contributed by atoms with Crippen molar-refractivity contribution in [3.05, 3.63) is 35.9 Å². The smallest absolute Gasteiger partial charge is 0.252 e. The highest BCUT2D eigenvalue weighted by Gasteiger charge is 2.43. The topological polar surface area (TPSA) is 192 Å². The highest BCUT2D eigenvalue weighted by atomic mass is 16.2. The van der Waals surface area contributed by atoms with Gasteiger partial charge in [-0.1, -0.05) is 44.9 Å². The van der Waals surface area contributed by atoms with Crippen LogP contribution in [-0.4, -0.2) is 53.3 Å². The molecule has 0 aliphatic heterocycles. The summed E-state index contributed by atoms with van der Waals surface area (Å²) in [6.45, 7) is 3.91. The summed E-state index contributed by atoms with van der Waals surface area (Å²) in [5.41, 5.74) is 9.00. The van der Waals surface area contributed by atoms with Gasteiger partial charge in [0.05, 0.1) is 0 Å². The summed E-state index contributed by atoms with van der Waals surface area (Å²) in [5.74, 6) is -2.18. The van der Waals surface area contributed by atoms with E-state index in [0.29, 0.717) is 44.2 Å². The number of rotatable bonds is 13. The molecule has 1 aromatic carbocycles. The molecule has 2 rings (SSSR count). The lowest BCUT2D eigenvalue weighted by Gasteiger charge is -2.34. The Bertz CT molecular complexity index is 941. The third-order valence-corrected chi connectivity index (χ3v) is 6.93. The maximum Gasteiger partial charge on any atom is 0.252 e. The van der Waals surface area contributed by atoms with Gasteiger partial charge in [-0.3, -0.25) is 24.6 Å². The molecule has 1 atom stereocenters. The van der Waals surface area contributed by atoms with E-state index in [1.807, 2.05) is 0 Å². The van der Waals surface area contributed by atoms with E-state index in [1.165, 1.54) is 0 Å². The third-order valence-electron chi connectivity index (χ3n) is 6.93. The van der Waals surface area contributed by atoms with Gasteiger partial charge >= 0.3 is 0 Å². The van der Waals surface area contributed by atoms with Crippen LogP contribution in [-0.2, 0) is 14.4 Å². The number of hydrogen-bond donors (Lipinski definition) is 7. The second-order valence-electron chi connectivity index (χ2n) is 9.26. The van der Waals surface area contributed by atoms with Gasteiger partial charge in [0.2, 0.25) is 17.7 Å². The van der Waals surface area contributed by atoms with Gasteiger partial charge < -0.3 is 32.7 Å². The minimum atomic E-state index is -1.24. The molecule has 4 amide bonds. The lowest BCUT2D eigenvalue weighted by atomic mass is 9.90. The summed E-state index contributed by atoms with van der Waals surface area (Å²) < 4.78 is 0. The van der Waals surface area contributed by atoms with Crippen molar-refractivity contribution in [3.8, 4) is 0 Å². The number of benzene rings is 1. The number of carbonyl (C=O) groups is 4. The monoisotopic (exact) mass is 501 g/mol. The van der Waals surface area contributed by atoms with E-state index >= 15 is 0 Å². The second-order valence-corrected chi connectivity index (χ2v) is 9.26. The number of primary amides is 1. The standard InChI is InChI=1S/C25H39N7O4/c1-3-24(4-2,31-19(33)17-11-6-5-7-12-17)22(36)30-18(13-10-16-29-23(27)28)20(34)32-25(21(26)35)14-8-9-15-25/h5-7,11-12,18H,3-4,8-10,13-16H2,1-2H3,(H2,26,35)(H,30,36)(H,31,33)(H,32,34)(H4,27,28,29)/t18-/m0/s1. The summed E-state index contributed by atoms with van der Waals surface area (Å²) in [6, 6.07) is 7.61. The van der Waals surface area contributed by atoms with Gasteiger partial charge in [0.25, 0.3) is 5.91 Å². The lowest BCUT2D eigenvalue weighted by molar-refractivity contribution is -0.136. The number of amides is 4. The molecule has 9 N–H and O–H groups in total. The molecule has 11 heteroatoms. The first-order valence-corrected chi connectivity index (χ1v) is 12.5. The normalized spacial score (nSPS) is 15.4.